The van der Waals surface area contributed by atoms with Gasteiger partial charge in [0.1, 0.15) is 11.6 Å². The fourth-order valence-electron chi connectivity index (χ4n) is 2.42. The van der Waals surface area contributed by atoms with Crippen LogP contribution in [0.3, 0.4) is 0 Å². The Morgan fingerprint density at radius 2 is 2.00 bits per heavy atom. The SMILES string of the molecule is CCCCCOC(=O)COc1ccc(-c2nc3ccncc3[nH]2)cc1. The Balaban J connectivity index is 1.54. The number of hydrogen-bond acceptors (Lipinski definition) is 5. The predicted molar refractivity (Wildman–Crippen MR) is 95.3 cm³/mol. The third-order valence-electron chi connectivity index (χ3n) is 3.78. The van der Waals surface area contributed by atoms with Crippen molar-refractivity contribution in [2.24, 2.45) is 0 Å². The fraction of sp³-hybridized carbons (Fsp3) is 0.316. The van der Waals surface area contributed by atoms with E-state index >= 15 is 0 Å². The van der Waals surface area contributed by atoms with Crippen LogP contribution < -0.4 is 4.74 Å². The Bertz CT molecular complexity index is 794. The molecule has 0 radical (unpaired) electrons. The van der Waals surface area contributed by atoms with Crippen molar-refractivity contribution >= 4 is 17.0 Å². The number of unbranched alkanes of at least 4 members (excludes halogenated alkanes) is 2. The number of nitrogens with one attached hydrogen (secondary N) is 1. The molecule has 0 aliphatic rings. The zero-order valence-electron chi connectivity index (χ0n) is 14.2. The summed E-state index contributed by atoms with van der Waals surface area (Å²) in [4.78, 5) is 23.4. The van der Waals surface area contributed by atoms with Gasteiger partial charge in [0.05, 0.1) is 23.8 Å². The van der Waals surface area contributed by atoms with Gasteiger partial charge in [0, 0.05) is 11.8 Å². The van der Waals surface area contributed by atoms with E-state index in [-0.39, 0.29) is 12.6 Å². The lowest BCUT2D eigenvalue weighted by atomic mass is 10.2. The highest BCUT2D eigenvalue weighted by atomic mass is 16.6. The van der Waals surface area contributed by atoms with Gasteiger partial charge in [-0.25, -0.2) is 9.78 Å². The average Bonchev–Trinajstić information content (AvgIpc) is 3.08. The van der Waals surface area contributed by atoms with Crippen LogP contribution in [0.4, 0.5) is 0 Å². The number of esters is 1. The summed E-state index contributed by atoms with van der Waals surface area (Å²) in [7, 11) is 0. The third-order valence-corrected chi connectivity index (χ3v) is 3.78. The van der Waals surface area contributed by atoms with Gasteiger partial charge >= 0.3 is 5.97 Å². The molecule has 0 unspecified atom stereocenters. The summed E-state index contributed by atoms with van der Waals surface area (Å²) in [5, 5.41) is 0. The van der Waals surface area contributed by atoms with E-state index in [1.165, 1.54) is 0 Å². The lowest BCUT2D eigenvalue weighted by molar-refractivity contribution is -0.146. The molecule has 0 aliphatic heterocycles. The molecule has 6 heteroatoms. The van der Waals surface area contributed by atoms with Crippen LogP contribution >= 0.6 is 0 Å². The molecule has 6 nitrogen and oxygen atoms in total. The van der Waals surface area contributed by atoms with Gasteiger partial charge in [0.2, 0.25) is 0 Å². The Hall–Kier alpha value is -2.89. The molecule has 1 aromatic carbocycles. The van der Waals surface area contributed by atoms with Gasteiger partial charge in [-0.1, -0.05) is 19.8 Å². The number of H-pyrrole nitrogens is 1. The van der Waals surface area contributed by atoms with E-state index in [1.807, 2.05) is 30.3 Å². The minimum atomic E-state index is -0.343. The zero-order chi connectivity index (χ0) is 17.5. The Morgan fingerprint density at radius 3 is 2.76 bits per heavy atom. The van der Waals surface area contributed by atoms with Crippen LogP contribution in [-0.2, 0) is 9.53 Å². The van der Waals surface area contributed by atoms with Gasteiger partial charge in [0.25, 0.3) is 0 Å². The second-order valence-electron chi connectivity index (χ2n) is 5.72. The standard InChI is InChI=1S/C19H21N3O3/c1-2-3-4-11-24-18(23)13-25-15-7-5-14(6-8-15)19-21-16-9-10-20-12-17(16)22-19/h5-10,12H,2-4,11,13H2,1H3,(H,21,22). The number of pyridine rings is 1. The first-order valence-corrected chi connectivity index (χ1v) is 8.45. The minimum absolute atomic E-state index is 0.0816. The summed E-state index contributed by atoms with van der Waals surface area (Å²) in [5.41, 5.74) is 2.70. The van der Waals surface area contributed by atoms with Crippen LogP contribution in [0.2, 0.25) is 0 Å². The Morgan fingerprint density at radius 1 is 1.16 bits per heavy atom. The number of fused-ring (bicyclic) bond motifs is 1. The summed E-state index contributed by atoms with van der Waals surface area (Å²) < 4.78 is 10.6. The second kappa shape index (κ2) is 8.28. The largest absolute Gasteiger partial charge is 0.482 e. The normalized spacial score (nSPS) is 10.8. The highest BCUT2D eigenvalue weighted by Gasteiger charge is 2.07. The highest BCUT2D eigenvalue weighted by molar-refractivity contribution is 5.78. The Labute approximate surface area is 146 Å². The van der Waals surface area contributed by atoms with Crippen molar-refractivity contribution in [3.05, 3.63) is 42.7 Å². The monoisotopic (exact) mass is 339 g/mol. The molecule has 3 rings (SSSR count). The Kier molecular flexibility index (Phi) is 5.61. The summed E-state index contributed by atoms with van der Waals surface area (Å²) in [6.07, 6.45) is 6.51. The second-order valence-corrected chi connectivity index (χ2v) is 5.72. The number of carbonyl (C=O) groups excluding carboxylic acids is 1. The van der Waals surface area contributed by atoms with Crippen LogP contribution in [-0.4, -0.2) is 34.1 Å². The molecule has 0 bridgehead atoms. The number of nitrogens with zero attached hydrogens (tertiary/aromatic N) is 2. The van der Waals surface area contributed by atoms with Crippen molar-refractivity contribution in [2.75, 3.05) is 13.2 Å². The first-order chi connectivity index (χ1) is 12.3. The van der Waals surface area contributed by atoms with E-state index < -0.39 is 0 Å². The summed E-state index contributed by atoms with van der Waals surface area (Å²) in [5.74, 6) is 1.04. The van der Waals surface area contributed by atoms with Crippen molar-refractivity contribution in [2.45, 2.75) is 26.2 Å². The molecule has 2 heterocycles. The highest BCUT2D eigenvalue weighted by Crippen LogP contribution is 2.22. The number of rotatable bonds is 8. The maximum Gasteiger partial charge on any atom is 0.344 e. The molecule has 130 valence electrons. The van der Waals surface area contributed by atoms with Gasteiger partial charge in [-0.3, -0.25) is 4.98 Å². The van der Waals surface area contributed by atoms with E-state index in [1.54, 1.807) is 12.4 Å². The molecule has 0 aliphatic carbocycles. The molecule has 0 fully saturated rings. The van der Waals surface area contributed by atoms with Crippen molar-refractivity contribution < 1.29 is 14.3 Å². The number of carbonyl (C=O) groups is 1. The van der Waals surface area contributed by atoms with Crippen LogP contribution in [0.5, 0.6) is 5.75 Å². The number of benzene rings is 1. The summed E-state index contributed by atoms with van der Waals surface area (Å²) in [6.45, 7) is 2.48. The number of ether oxygens (including phenoxy) is 2. The number of hydrogen-bond donors (Lipinski definition) is 1. The van der Waals surface area contributed by atoms with Gasteiger partial charge in [-0.15, -0.1) is 0 Å². The van der Waals surface area contributed by atoms with Gasteiger partial charge in [0.15, 0.2) is 6.61 Å². The lowest BCUT2D eigenvalue weighted by Crippen LogP contribution is -2.15. The number of imidazole rings is 1. The molecule has 0 saturated heterocycles. The smallest absolute Gasteiger partial charge is 0.344 e. The van der Waals surface area contributed by atoms with Crippen molar-refractivity contribution in [1.29, 1.82) is 0 Å². The van der Waals surface area contributed by atoms with Crippen molar-refractivity contribution in [3.8, 4) is 17.1 Å². The summed E-state index contributed by atoms with van der Waals surface area (Å²) >= 11 is 0. The minimum Gasteiger partial charge on any atom is -0.482 e. The van der Waals surface area contributed by atoms with E-state index in [2.05, 4.69) is 21.9 Å². The van der Waals surface area contributed by atoms with E-state index in [0.29, 0.717) is 12.4 Å². The molecule has 0 amide bonds. The van der Waals surface area contributed by atoms with Crippen LogP contribution in [0.15, 0.2) is 42.7 Å². The van der Waals surface area contributed by atoms with Crippen LogP contribution in [0.1, 0.15) is 26.2 Å². The number of aromatic nitrogens is 3. The molecule has 2 aromatic heterocycles. The molecule has 0 saturated carbocycles. The average molecular weight is 339 g/mol. The topological polar surface area (TPSA) is 77.1 Å². The fourth-order valence-corrected chi connectivity index (χ4v) is 2.42. The summed E-state index contributed by atoms with van der Waals surface area (Å²) in [6, 6.07) is 9.27. The van der Waals surface area contributed by atoms with E-state index in [4.69, 9.17) is 9.47 Å². The number of aromatic amines is 1. The van der Waals surface area contributed by atoms with E-state index in [9.17, 15) is 4.79 Å². The molecular weight excluding hydrogens is 318 g/mol. The quantitative estimate of drug-likeness (QED) is 0.500. The van der Waals surface area contributed by atoms with Crippen molar-refractivity contribution in [3.63, 3.8) is 0 Å². The molecule has 0 atom stereocenters. The first-order valence-electron chi connectivity index (χ1n) is 8.45. The zero-order valence-corrected chi connectivity index (χ0v) is 14.2. The van der Waals surface area contributed by atoms with E-state index in [0.717, 1.165) is 41.7 Å². The molecule has 0 spiro atoms. The molecular formula is C19H21N3O3. The molecule has 25 heavy (non-hydrogen) atoms. The predicted octanol–water partition coefficient (Wildman–Crippen LogP) is 3.74. The van der Waals surface area contributed by atoms with Crippen molar-refractivity contribution in [1.82, 2.24) is 15.0 Å². The maximum absolute atomic E-state index is 11.6. The first kappa shape index (κ1) is 17.0. The molecule has 1 N–H and O–H groups in total. The molecule has 3 aromatic rings. The lowest BCUT2D eigenvalue weighted by Gasteiger charge is -2.07. The van der Waals surface area contributed by atoms with Gasteiger partial charge in [-0.2, -0.15) is 0 Å². The van der Waals surface area contributed by atoms with Gasteiger partial charge in [-0.05, 0) is 36.8 Å². The third kappa shape index (κ3) is 4.56. The van der Waals surface area contributed by atoms with Gasteiger partial charge < -0.3 is 14.5 Å². The van der Waals surface area contributed by atoms with Crippen LogP contribution in [0.25, 0.3) is 22.4 Å². The van der Waals surface area contributed by atoms with Crippen LogP contribution in [0, 0.1) is 0 Å². The maximum atomic E-state index is 11.6.